The normalized spacial score (nSPS) is 13.4. The van der Waals surface area contributed by atoms with Crippen LogP contribution in [0.25, 0.3) is 0 Å². The van der Waals surface area contributed by atoms with Crippen molar-refractivity contribution >= 4 is 33.0 Å². The van der Waals surface area contributed by atoms with E-state index in [9.17, 15) is 26.4 Å². The Morgan fingerprint density at radius 3 is 2.63 bits per heavy atom. The molecule has 0 fully saturated rings. The van der Waals surface area contributed by atoms with Gasteiger partial charge in [0.05, 0.1) is 5.75 Å². The monoisotopic (exact) mass is 423 g/mol. The molecule has 1 atom stereocenters. The number of nitrogens with one attached hydrogen (secondary N) is 1. The Labute approximate surface area is 159 Å². The maximum absolute atomic E-state index is 14.7. The Balaban J connectivity index is 2.34. The molecule has 2 aromatic heterocycles. The first-order chi connectivity index (χ1) is 12.3. The number of anilines is 1. The molecule has 27 heavy (non-hydrogen) atoms. The lowest BCUT2D eigenvalue weighted by Crippen LogP contribution is -2.29. The second kappa shape index (κ2) is 7.51. The van der Waals surface area contributed by atoms with Gasteiger partial charge in [-0.1, -0.05) is 18.5 Å². The van der Waals surface area contributed by atoms with E-state index in [1.54, 1.807) is 0 Å². The standard InChI is InChI=1S/C16H17ClF3N3O3S/c1-9(16(2,19)20)8-27(25,26)11-7-23(3)14(13(11)18)15(24)22-10-4-5-21-12(17)6-10/h4-7,9H,8H2,1-3H3,(H,21,22,24)/t9-/m1/s1. The summed E-state index contributed by atoms with van der Waals surface area (Å²) >= 11 is 5.70. The van der Waals surface area contributed by atoms with Gasteiger partial charge in [-0.05, 0) is 19.1 Å². The van der Waals surface area contributed by atoms with Crippen molar-refractivity contribution in [3.63, 3.8) is 0 Å². The van der Waals surface area contributed by atoms with E-state index in [0.29, 0.717) is 6.92 Å². The van der Waals surface area contributed by atoms with Crippen LogP contribution in [0.5, 0.6) is 0 Å². The summed E-state index contributed by atoms with van der Waals surface area (Å²) in [6, 6.07) is 2.73. The average Bonchev–Trinajstić information content (AvgIpc) is 2.81. The SMILES string of the molecule is C[C@H](CS(=O)(=O)c1cn(C)c(C(=O)Nc2ccnc(Cl)c2)c1F)C(C)(F)F. The Morgan fingerprint density at radius 1 is 1.44 bits per heavy atom. The molecule has 0 saturated carbocycles. The number of amides is 1. The summed E-state index contributed by atoms with van der Waals surface area (Å²) in [6.07, 6.45) is 2.21. The minimum absolute atomic E-state index is 0.0953. The maximum atomic E-state index is 14.7. The van der Waals surface area contributed by atoms with E-state index in [-0.39, 0.29) is 10.8 Å². The third-order valence-electron chi connectivity index (χ3n) is 3.96. The molecule has 0 aliphatic carbocycles. The van der Waals surface area contributed by atoms with Gasteiger partial charge in [0.1, 0.15) is 15.7 Å². The summed E-state index contributed by atoms with van der Waals surface area (Å²) in [6.45, 7) is 1.65. The predicted octanol–water partition coefficient (Wildman–Crippen LogP) is 3.53. The van der Waals surface area contributed by atoms with E-state index in [2.05, 4.69) is 10.3 Å². The number of rotatable bonds is 6. The molecule has 1 amide bonds. The van der Waals surface area contributed by atoms with Gasteiger partial charge in [-0.15, -0.1) is 0 Å². The van der Waals surface area contributed by atoms with Crippen LogP contribution in [0, 0.1) is 11.7 Å². The molecule has 0 spiro atoms. The minimum Gasteiger partial charge on any atom is -0.343 e. The summed E-state index contributed by atoms with van der Waals surface area (Å²) in [7, 11) is -3.10. The molecule has 0 saturated heterocycles. The van der Waals surface area contributed by atoms with E-state index < -0.39 is 49.7 Å². The molecule has 1 N–H and O–H groups in total. The van der Waals surface area contributed by atoms with Crippen molar-refractivity contribution in [3.05, 3.63) is 41.2 Å². The van der Waals surface area contributed by atoms with Gasteiger partial charge in [0, 0.05) is 31.0 Å². The van der Waals surface area contributed by atoms with Gasteiger partial charge in [0.2, 0.25) is 5.92 Å². The number of hydrogen-bond acceptors (Lipinski definition) is 4. The summed E-state index contributed by atoms with van der Waals surface area (Å²) < 4.78 is 67.0. The lowest BCUT2D eigenvalue weighted by Gasteiger charge is -2.18. The minimum atomic E-state index is -4.38. The number of carbonyl (C=O) groups is 1. The van der Waals surface area contributed by atoms with Crippen LogP contribution >= 0.6 is 11.6 Å². The van der Waals surface area contributed by atoms with Crippen LogP contribution in [0.15, 0.2) is 29.4 Å². The van der Waals surface area contributed by atoms with Crippen LogP contribution in [0.2, 0.25) is 5.15 Å². The van der Waals surface area contributed by atoms with Gasteiger partial charge >= 0.3 is 0 Å². The highest BCUT2D eigenvalue weighted by atomic mass is 35.5. The quantitative estimate of drug-likeness (QED) is 0.721. The Hall–Kier alpha value is -2.07. The predicted molar refractivity (Wildman–Crippen MR) is 94.4 cm³/mol. The summed E-state index contributed by atoms with van der Waals surface area (Å²) in [5.41, 5.74) is -0.332. The van der Waals surface area contributed by atoms with Crippen LogP contribution < -0.4 is 5.32 Å². The Bertz CT molecular complexity index is 971. The summed E-state index contributed by atoms with van der Waals surface area (Å²) in [5, 5.41) is 2.47. The number of pyridine rings is 1. The number of hydrogen-bond donors (Lipinski definition) is 1. The van der Waals surface area contributed by atoms with Crippen molar-refractivity contribution in [3.8, 4) is 0 Å². The summed E-state index contributed by atoms with van der Waals surface area (Å²) in [4.78, 5) is 15.3. The third-order valence-corrected chi connectivity index (χ3v) is 6.06. The fourth-order valence-electron chi connectivity index (χ4n) is 2.28. The van der Waals surface area contributed by atoms with E-state index in [1.807, 2.05) is 0 Å². The number of carbonyl (C=O) groups excluding carboxylic acids is 1. The number of alkyl halides is 2. The smallest absolute Gasteiger partial charge is 0.275 e. The molecule has 0 aliphatic rings. The number of sulfone groups is 1. The van der Waals surface area contributed by atoms with Crippen LogP contribution in [-0.2, 0) is 16.9 Å². The number of aromatic nitrogens is 2. The first-order valence-electron chi connectivity index (χ1n) is 7.71. The third kappa shape index (κ3) is 4.81. The molecule has 11 heteroatoms. The lowest BCUT2D eigenvalue weighted by molar-refractivity contribution is -0.0238. The molecule has 0 radical (unpaired) electrons. The van der Waals surface area contributed by atoms with E-state index in [4.69, 9.17) is 11.6 Å². The lowest BCUT2D eigenvalue weighted by atomic mass is 10.1. The van der Waals surface area contributed by atoms with E-state index in [0.717, 1.165) is 17.7 Å². The second-order valence-corrected chi connectivity index (χ2v) is 8.62. The molecule has 2 rings (SSSR count). The zero-order valence-electron chi connectivity index (χ0n) is 14.6. The van der Waals surface area contributed by atoms with Gasteiger partial charge in [-0.25, -0.2) is 26.6 Å². The molecular formula is C16H17ClF3N3O3S. The maximum Gasteiger partial charge on any atom is 0.275 e. The van der Waals surface area contributed by atoms with E-state index in [1.165, 1.54) is 25.4 Å². The molecule has 6 nitrogen and oxygen atoms in total. The average molecular weight is 424 g/mol. The van der Waals surface area contributed by atoms with Crippen LogP contribution in [0.1, 0.15) is 24.3 Å². The van der Waals surface area contributed by atoms with E-state index >= 15 is 0 Å². The van der Waals surface area contributed by atoms with Gasteiger partial charge < -0.3 is 9.88 Å². The topological polar surface area (TPSA) is 81.1 Å². The highest BCUT2D eigenvalue weighted by Gasteiger charge is 2.37. The van der Waals surface area contributed by atoms with Crippen molar-refractivity contribution in [2.45, 2.75) is 24.7 Å². The fraction of sp³-hybridized carbons (Fsp3) is 0.375. The van der Waals surface area contributed by atoms with Gasteiger partial charge in [-0.3, -0.25) is 4.79 Å². The Kier molecular flexibility index (Phi) is 5.91. The van der Waals surface area contributed by atoms with Crippen molar-refractivity contribution in [1.29, 1.82) is 0 Å². The molecular weight excluding hydrogens is 407 g/mol. The highest BCUT2D eigenvalue weighted by molar-refractivity contribution is 7.91. The van der Waals surface area contributed by atoms with Crippen molar-refractivity contribution in [1.82, 2.24) is 9.55 Å². The highest BCUT2D eigenvalue weighted by Crippen LogP contribution is 2.29. The zero-order valence-corrected chi connectivity index (χ0v) is 16.2. The zero-order chi connectivity index (χ0) is 20.6. The van der Waals surface area contributed by atoms with Gasteiger partial charge in [0.15, 0.2) is 15.7 Å². The molecule has 0 unspecified atom stereocenters. The molecule has 2 heterocycles. The molecule has 0 aromatic carbocycles. The summed E-state index contributed by atoms with van der Waals surface area (Å²) in [5.74, 6) is -7.97. The Morgan fingerprint density at radius 2 is 2.07 bits per heavy atom. The number of aryl methyl sites for hydroxylation is 1. The second-order valence-electron chi connectivity index (χ2n) is 6.23. The van der Waals surface area contributed by atoms with Crippen molar-refractivity contribution in [2.24, 2.45) is 13.0 Å². The fourth-order valence-corrected chi connectivity index (χ4v) is 4.27. The first kappa shape index (κ1) is 21.2. The van der Waals surface area contributed by atoms with Crippen molar-refractivity contribution in [2.75, 3.05) is 11.1 Å². The molecule has 0 bridgehead atoms. The first-order valence-corrected chi connectivity index (χ1v) is 9.74. The molecule has 0 aliphatic heterocycles. The van der Waals surface area contributed by atoms with Crippen molar-refractivity contribution < 1.29 is 26.4 Å². The number of halogens is 4. The molecule has 148 valence electrons. The number of nitrogens with zero attached hydrogens (tertiary/aromatic N) is 2. The van der Waals surface area contributed by atoms with Gasteiger partial charge in [0.25, 0.3) is 5.91 Å². The largest absolute Gasteiger partial charge is 0.343 e. The molecule has 2 aromatic rings. The van der Waals surface area contributed by atoms with Crippen LogP contribution in [0.4, 0.5) is 18.9 Å². The van der Waals surface area contributed by atoms with Crippen LogP contribution in [0.3, 0.4) is 0 Å². The van der Waals surface area contributed by atoms with Gasteiger partial charge in [-0.2, -0.15) is 0 Å². The van der Waals surface area contributed by atoms with Crippen LogP contribution in [-0.4, -0.2) is 35.6 Å².